The maximum atomic E-state index is 12.6. The van der Waals surface area contributed by atoms with Gasteiger partial charge in [-0.15, -0.1) is 11.3 Å². The number of hydrogen-bond acceptors (Lipinski definition) is 4. The van der Waals surface area contributed by atoms with Gasteiger partial charge < -0.3 is 10.6 Å². The van der Waals surface area contributed by atoms with Crippen LogP contribution in [-0.2, 0) is 0 Å². The minimum atomic E-state index is -0.478. The number of hydrogen-bond donors (Lipinski definition) is 2. The smallest absolute Gasteiger partial charge is 0.306 e. The lowest BCUT2D eigenvalue weighted by molar-refractivity contribution is 0.102. The van der Waals surface area contributed by atoms with Gasteiger partial charge in [0.1, 0.15) is 0 Å². The summed E-state index contributed by atoms with van der Waals surface area (Å²) in [4.78, 5) is 30.0. The number of halogens is 1. The number of pyridine rings is 1. The van der Waals surface area contributed by atoms with Gasteiger partial charge in [0.05, 0.1) is 22.4 Å². The molecule has 1 aromatic carbocycles. The molecule has 3 aromatic rings. The number of carbonyl (C=O) groups excluding carboxylic acids is 2. The molecule has 2 N–H and O–H groups in total. The predicted octanol–water partition coefficient (Wildman–Crippen LogP) is 6.46. The van der Waals surface area contributed by atoms with Crippen LogP contribution in [0.5, 0.6) is 0 Å². The molecule has 0 aliphatic rings. The van der Waals surface area contributed by atoms with E-state index in [1.165, 1.54) is 18.3 Å². The molecule has 0 unspecified atom stereocenters. The van der Waals surface area contributed by atoms with Crippen molar-refractivity contribution in [2.24, 2.45) is 0 Å². The highest BCUT2D eigenvalue weighted by Gasteiger charge is 2.18. The average molecular weight is 424 g/mol. The van der Waals surface area contributed by atoms with Crippen molar-refractivity contribution in [1.29, 1.82) is 0 Å². The second-order valence-corrected chi connectivity index (χ2v) is 7.63. The topological polar surface area (TPSA) is 71.1 Å². The first-order valence-electron chi connectivity index (χ1n) is 8.64. The van der Waals surface area contributed by atoms with Gasteiger partial charge in [-0.05, 0) is 6.07 Å². The van der Waals surface area contributed by atoms with Gasteiger partial charge in [0.15, 0.2) is 5.78 Å². The van der Waals surface area contributed by atoms with E-state index in [2.05, 4.69) is 28.8 Å². The molecular weight excluding hydrogens is 406 g/mol. The highest BCUT2D eigenvalue weighted by Crippen LogP contribution is 2.36. The van der Waals surface area contributed by atoms with Gasteiger partial charge >= 0.3 is 6.03 Å². The SMILES string of the molecule is C=C/C=C(\C(=C)Cl)c1cc(NC(=O)Nc2cncc3ccccc23)c(C(C)=O)s1. The fourth-order valence-corrected chi connectivity index (χ4v) is 4.08. The number of thiophene rings is 1. The number of fused-ring (bicyclic) bond motifs is 1. The highest BCUT2D eigenvalue weighted by atomic mass is 35.5. The fourth-order valence-electron chi connectivity index (χ4n) is 2.79. The quantitative estimate of drug-likeness (QED) is 0.352. The Morgan fingerprint density at radius 3 is 2.59 bits per heavy atom. The molecule has 0 spiro atoms. The Bertz CT molecular complexity index is 1160. The number of rotatable bonds is 6. The molecule has 7 heteroatoms. The molecule has 0 atom stereocenters. The first-order chi connectivity index (χ1) is 13.9. The molecule has 146 valence electrons. The van der Waals surface area contributed by atoms with Gasteiger partial charge in [0.25, 0.3) is 0 Å². The van der Waals surface area contributed by atoms with Crippen LogP contribution in [0.3, 0.4) is 0 Å². The number of benzene rings is 1. The molecule has 2 heterocycles. The van der Waals surface area contributed by atoms with Crippen molar-refractivity contribution >= 4 is 62.5 Å². The van der Waals surface area contributed by atoms with E-state index in [1.54, 1.807) is 30.6 Å². The summed E-state index contributed by atoms with van der Waals surface area (Å²) in [6, 6.07) is 8.82. The zero-order valence-corrected chi connectivity index (χ0v) is 17.2. The predicted molar refractivity (Wildman–Crippen MR) is 122 cm³/mol. The molecule has 2 aromatic heterocycles. The molecule has 29 heavy (non-hydrogen) atoms. The summed E-state index contributed by atoms with van der Waals surface area (Å²) in [5, 5.41) is 7.63. The van der Waals surface area contributed by atoms with Gasteiger partial charge in [-0.1, -0.05) is 61.2 Å². The second kappa shape index (κ2) is 8.86. The molecule has 0 radical (unpaired) electrons. The third-order valence-corrected chi connectivity index (χ3v) is 5.53. The number of carbonyl (C=O) groups is 2. The summed E-state index contributed by atoms with van der Waals surface area (Å²) in [5.41, 5.74) is 1.61. The van der Waals surface area contributed by atoms with Gasteiger partial charge in [0.2, 0.25) is 0 Å². The minimum absolute atomic E-state index is 0.165. The van der Waals surface area contributed by atoms with Crippen LogP contribution in [-0.4, -0.2) is 16.8 Å². The average Bonchev–Trinajstić information content (AvgIpc) is 3.09. The zero-order valence-electron chi connectivity index (χ0n) is 15.7. The maximum Gasteiger partial charge on any atom is 0.323 e. The van der Waals surface area contributed by atoms with Crippen molar-refractivity contribution < 1.29 is 9.59 Å². The summed E-state index contributed by atoms with van der Waals surface area (Å²) >= 11 is 7.30. The standard InChI is InChI=1S/C22H18ClN3O2S/c1-4-7-16(13(2)23)20-10-18(21(29-20)14(3)27)25-22(28)26-19-12-24-11-15-8-5-6-9-17(15)19/h4-12H,1-2H2,3H3,(H2,25,26,28)/b16-7+. The van der Waals surface area contributed by atoms with Crippen molar-refractivity contribution in [1.82, 2.24) is 4.98 Å². The second-order valence-electron chi connectivity index (χ2n) is 6.12. The van der Waals surface area contributed by atoms with Crippen LogP contribution >= 0.6 is 22.9 Å². The number of amides is 2. The summed E-state index contributed by atoms with van der Waals surface area (Å²) in [7, 11) is 0. The Labute approximate surface area is 177 Å². The molecule has 5 nitrogen and oxygen atoms in total. The summed E-state index contributed by atoms with van der Waals surface area (Å²) in [6.07, 6.45) is 6.60. The number of Topliss-reactive ketones (excluding diaryl/α,β-unsaturated/α-hetero) is 1. The lowest BCUT2D eigenvalue weighted by Crippen LogP contribution is -2.20. The van der Waals surface area contributed by atoms with Gasteiger partial charge in [-0.3, -0.25) is 9.78 Å². The van der Waals surface area contributed by atoms with Crippen LogP contribution in [0, 0.1) is 0 Å². The molecule has 0 aliphatic carbocycles. The fraction of sp³-hybridized carbons (Fsp3) is 0.0455. The molecule has 0 saturated carbocycles. The molecule has 0 aliphatic heterocycles. The van der Waals surface area contributed by atoms with E-state index >= 15 is 0 Å². The lowest BCUT2D eigenvalue weighted by atomic mass is 10.1. The van der Waals surface area contributed by atoms with Crippen LogP contribution < -0.4 is 10.6 Å². The largest absolute Gasteiger partial charge is 0.323 e. The van der Waals surface area contributed by atoms with Crippen LogP contribution in [0.2, 0.25) is 0 Å². The summed E-state index contributed by atoms with van der Waals surface area (Å²) in [6.45, 7) is 8.86. The number of aromatic nitrogens is 1. The molecular formula is C22H18ClN3O2S. The van der Waals surface area contributed by atoms with Crippen molar-refractivity contribution in [2.75, 3.05) is 10.6 Å². The Morgan fingerprint density at radius 2 is 1.90 bits per heavy atom. The van der Waals surface area contributed by atoms with E-state index in [1.807, 2.05) is 24.3 Å². The number of anilines is 2. The third-order valence-electron chi connectivity index (χ3n) is 4.06. The van der Waals surface area contributed by atoms with E-state index in [-0.39, 0.29) is 5.78 Å². The lowest BCUT2D eigenvalue weighted by Gasteiger charge is -2.09. The molecule has 0 bridgehead atoms. The zero-order chi connectivity index (χ0) is 21.0. The molecule has 0 fully saturated rings. The summed E-state index contributed by atoms with van der Waals surface area (Å²) < 4.78 is 0. The van der Waals surface area contributed by atoms with E-state index in [0.717, 1.165) is 10.8 Å². The number of ketones is 1. The van der Waals surface area contributed by atoms with Crippen molar-refractivity contribution in [2.45, 2.75) is 6.92 Å². The minimum Gasteiger partial charge on any atom is -0.306 e. The molecule has 0 saturated heterocycles. The number of nitrogens with one attached hydrogen (secondary N) is 2. The Balaban J connectivity index is 1.90. The first-order valence-corrected chi connectivity index (χ1v) is 9.83. The monoisotopic (exact) mass is 423 g/mol. The van der Waals surface area contributed by atoms with Crippen molar-refractivity contribution in [3.8, 4) is 0 Å². The Kier molecular flexibility index (Phi) is 6.26. The van der Waals surface area contributed by atoms with E-state index in [0.29, 0.717) is 31.7 Å². The highest BCUT2D eigenvalue weighted by molar-refractivity contribution is 7.16. The van der Waals surface area contributed by atoms with Gasteiger partial charge in [-0.25, -0.2) is 4.79 Å². The van der Waals surface area contributed by atoms with Crippen LogP contribution in [0.25, 0.3) is 16.3 Å². The Hall–Kier alpha value is -3.22. The van der Waals surface area contributed by atoms with Crippen LogP contribution in [0.15, 0.2) is 73.1 Å². The van der Waals surface area contributed by atoms with E-state index in [9.17, 15) is 9.59 Å². The van der Waals surface area contributed by atoms with Gasteiger partial charge in [-0.2, -0.15) is 0 Å². The molecule has 2 amide bonds. The normalized spacial score (nSPS) is 11.2. The van der Waals surface area contributed by atoms with E-state index < -0.39 is 6.03 Å². The van der Waals surface area contributed by atoms with Crippen molar-refractivity contribution in [3.05, 3.63) is 82.8 Å². The Morgan fingerprint density at radius 1 is 1.17 bits per heavy atom. The number of urea groups is 1. The van der Waals surface area contributed by atoms with Crippen molar-refractivity contribution in [3.63, 3.8) is 0 Å². The number of allylic oxidation sites excluding steroid dienone is 4. The van der Waals surface area contributed by atoms with E-state index in [4.69, 9.17) is 11.6 Å². The number of nitrogens with zero attached hydrogens (tertiary/aromatic N) is 1. The van der Waals surface area contributed by atoms with Crippen LogP contribution in [0.1, 0.15) is 21.5 Å². The maximum absolute atomic E-state index is 12.6. The summed E-state index contributed by atoms with van der Waals surface area (Å²) in [5.74, 6) is -0.165. The van der Waals surface area contributed by atoms with Gasteiger partial charge in [0, 0.05) is 39.4 Å². The first kappa shape index (κ1) is 20.5. The molecule has 3 rings (SSSR count). The third kappa shape index (κ3) is 4.62. The van der Waals surface area contributed by atoms with Crippen LogP contribution in [0.4, 0.5) is 16.2 Å².